The molecule has 0 aromatic heterocycles. The summed E-state index contributed by atoms with van der Waals surface area (Å²) in [6.45, 7) is 7.85. The molecule has 0 radical (unpaired) electrons. The summed E-state index contributed by atoms with van der Waals surface area (Å²) in [4.78, 5) is 2.24. The van der Waals surface area contributed by atoms with Crippen molar-refractivity contribution in [1.29, 1.82) is 0 Å². The topological polar surface area (TPSA) is 15.3 Å². The van der Waals surface area contributed by atoms with E-state index in [1.165, 1.54) is 12.8 Å². The van der Waals surface area contributed by atoms with Gasteiger partial charge in [0.25, 0.3) is 0 Å². The van der Waals surface area contributed by atoms with E-state index in [1.807, 2.05) is 0 Å². The summed E-state index contributed by atoms with van der Waals surface area (Å²) >= 11 is 0. The molecule has 2 nitrogen and oxygen atoms in total. The third-order valence-corrected chi connectivity index (χ3v) is 2.21. The molecular weight excluding hydrogens is 148 g/mol. The number of likely N-dealkylation sites (N-methyl/N-ethyl adjacent to an activating group) is 1. The van der Waals surface area contributed by atoms with E-state index in [-0.39, 0.29) is 0 Å². The van der Waals surface area contributed by atoms with Crippen molar-refractivity contribution in [2.24, 2.45) is 0 Å². The predicted octanol–water partition coefficient (Wildman–Crippen LogP) is 1.71. The molecule has 0 heterocycles. The smallest absolute Gasteiger partial charge is 0.0194 e. The Balaban J connectivity index is 3.66. The van der Waals surface area contributed by atoms with Crippen molar-refractivity contribution in [1.82, 2.24) is 10.2 Å². The van der Waals surface area contributed by atoms with Crippen LogP contribution in [0.15, 0.2) is 0 Å². The van der Waals surface area contributed by atoms with Crippen LogP contribution in [0.1, 0.15) is 33.6 Å². The second-order valence-corrected chi connectivity index (χ2v) is 3.84. The number of nitrogens with one attached hydrogen (secondary N) is 1. The summed E-state index contributed by atoms with van der Waals surface area (Å²) in [5.74, 6) is 0. The van der Waals surface area contributed by atoms with Crippen LogP contribution in [0.2, 0.25) is 0 Å². The molecule has 0 aromatic rings. The molecule has 2 atom stereocenters. The van der Waals surface area contributed by atoms with Crippen molar-refractivity contribution in [3.05, 3.63) is 0 Å². The van der Waals surface area contributed by atoms with Crippen molar-refractivity contribution in [2.75, 3.05) is 20.6 Å². The van der Waals surface area contributed by atoms with E-state index in [0.717, 1.165) is 6.54 Å². The molecule has 0 aromatic carbocycles. The Kier molecular flexibility index (Phi) is 6.39. The monoisotopic (exact) mass is 172 g/mol. The Labute approximate surface area is 77.3 Å². The molecule has 0 rings (SSSR count). The molecule has 74 valence electrons. The fourth-order valence-electron chi connectivity index (χ4n) is 1.26. The molecule has 0 fully saturated rings. The lowest BCUT2D eigenvalue weighted by atomic mass is 10.1. The summed E-state index contributed by atoms with van der Waals surface area (Å²) < 4.78 is 0. The van der Waals surface area contributed by atoms with Crippen molar-refractivity contribution < 1.29 is 0 Å². The molecule has 0 aliphatic rings. The highest BCUT2D eigenvalue weighted by Crippen LogP contribution is 1.97. The third kappa shape index (κ3) is 5.56. The van der Waals surface area contributed by atoms with Gasteiger partial charge in [0, 0.05) is 18.6 Å². The van der Waals surface area contributed by atoms with Gasteiger partial charge in [-0.15, -0.1) is 0 Å². The van der Waals surface area contributed by atoms with Gasteiger partial charge < -0.3 is 10.2 Å². The van der Waals surface area contributed by atoms with Crippen molar-refractivity contribution in [3.63, 3.8) is 0 Å². The first-order chi connectivity index (χ1) is 5.60. The van der Waals surface area contributed by atoms with E-state index in [4.69, 9.17) is 0 Å². The minimum Gasteiger partial charge on any atom is -0.310 e. The molecule has 12 heavy (non-hydrogen) atoms. The fraction of sp³-hybridized carbons (Fsp3) is 1.00. The summed E-state index contributed by atoms with van der Waals surface area (Å²) in [6, 6.07) is 1.30. The molecule has 1 N–H and O–H groups in total. The first kappa shape index (κ1) is 11.9. The third-order valence-electron chi connectivity index (χ3n) is 2.21. The summed E-state index contributed by atoms with van der Waals surface area (Å²) in [5.41, 5.74) is 0. The van der Waals surface area contributed by atoms with Crippen LogP contribution >= 0.6 is 0 Å². The molecular formula is C10H24N2. The van der Waals surface area contributed by atoms with E-state index in [1.54, 1.807) is 0 Å². The van der Waals surface area contributed by atoms with E-state index >= 15 is 0 Å². The van der Waals surface area contributed by atoms with Crippen LogP contribution in [0.3, 0.4) is 0 Å². The normalized spacial score (nSPS) is 16.5. The quantitative estimate of drug-likeness (QED) is 0.656. The number of rotatable bonds is 6. The van der Waals surface area contributed by atoms with Gasteiger partial charge in [-0.2, -0.15) is 0 Å². The van der Waals surface area contributed by atoms with Gasteiger partial charge in [-0.3, -0.25) is 0 Å². The number of hydrogen-bond acceptors (Lipinski definition) is 2. The average molecular weight is 172 g/mol. The highest BCUT2D eigenvalue weighted by atomic mass is 15.1. The highest BCUT2D eigenvalue weighted by molar-refractivity contribution is 4.71. The Morgan fingerprint density at radius 1 is 1.17 bits per heavy atom. The van der Waals surface area contributed by atoms with Gasteiger partial charge in [0.05, 0.1) is 0 Å². The van der Waals surface area contributed by atoms with Gasteiger partial charge in [0.2, 0.25) is 0 Å². The van der Waals surface area contributed by atoms with Crippen molar-refractivity contribution in [2.45, 2.75) is 45.7 Å². The number of nitrogens with zero attached hydrogens (tertiary/aromatic N) is 1. The lowest BCUT2D eigenvalue weighted by Crippen LogP contribution is -2.42. The average Bonchev–Trinajstić information content (AvgIpc) is 2.02. The molecule has 0 amide bonds. The van der Waals surface area contributed by atoms with Crippen LogP contribution in [-0.4, -0.2) is 37.6 Å². The number of hydrogen-bond donors (Lipinski definition) is 1. The van der Waals surface area contributed by atoms with Gasteiger partial charge in [-0.05, 0) is 33.9 Å². The van der Waals surface area contributed by atoms with Gasteiger partial charge in [0.1, 0.15) is 0 Å². The van der Waals surface area contributed by atoms with E-state index in [9.17, 15) is 0 Å². The molecule has 0 aliphatic heterocycles. The Hall–Kier alpha value is -0.0800. The zero-order valence-electron chi connectivity index (χ0n) is 9.22. The molecule has 2 unspecified atom stereocenters. The lowest BCUT2D eigenvalue weighted by molar-refractivity contribution is 0.312. The Morgan fingerprint density at radius 2 is 1.75 bits per heavy atom. The van der Waals surface area contributed by atoms with Gasteiger partial charge in [-0.25, -0.2) is 0 Å². The Bertz CT molecular complexity index is 102. The van der Waals surface area contributed by atoms with Crippen LogP contribution in [0.5, 0.6) is 0 Å². The summed E-state index contributed by atoms with van der Waals surface area (Å²) in [5, 5.41) is 3.61. The largest absolute Gasteiger partial charge is 0.310 e. The molecule has 0 bridgehead atoms. The first-order valence-electron chi connectivity index (χ1n) is 5.00. The van der Waals surface area contributed by atoms with E-state index in [2.05, 4.69) is 45.1 Å². The van der Waals surface area contributed by atoms with Gasteiger partial charge in [-0.1, -0.05) is 13.8 Å². The second kappa shape index (κ2) is 6.44. The second-order valence-electron chi connectivity index (χ2n) is 3.84. The zero-order valence-corrected chi connectivity index (χ0v) is 9.22. The highest BCUT2D eigenvalue weighted by Gasteiger charge is 2.08. The van der Waals surface area contributed by atoms with Crippen LogP contribution in [0.4, 0.5) is 0 Å². The zero-order chi connectivity index (χ0) is 9.56. The van der Waals surface area contributed by atoms with Crippen LogP contribution < -0.4 is 5.32 Å². The van der Waals surface area contributed by atoms with Crippen LogP contribution in [0.25, 0.3) is 0 Å². The summed E-state index contributed by atoms with van der Waals surface area (Å²) in [6.07, 6.45) is 2.42. The fourth-order valence-corrected chi connectivity index (χ4v) is 1.26. The summed E-state index contributed by atoms with van der Waals surface area (Å²) in [7, 11) is 4.25. The molecule has 0 spiro atoms. The first-order valence-corrected chi connectivity index (χ1v) is 5.00. The van der Waals surface area contributed by atoms with Gasteiger partial charge >= 0.3 is 0 Å². The van der Waals surface area contributed by atoms with Crippen molar-refractivity contribution in [3.8, 4) is 0 Å². The minimum absolute atomic E-state index is 0.648. The minimum atomic E-state index is 0.648. The maximum Gasteiger partial charge on any atom is 0.0194 e. The van der Waals surface area contributed by atoms with Crippen molar-refractivity contribution >= 4 is 0 Å². The van der Waals surface area contributed by atoms with Gasteiger partial charge in [0.15, 0.2) is 0 Å². The lowest BCUT2D eigenvalue weighted by Gasteiger charge is -2.24. The maximum absolute atomic E-state index is 3.61. The van der Waals surface area contributed by atoms with E-state index < -0.39 is 0 Å². The molecule has 0 saturated heterocycles. The van der Waals surface area contributed by atoms with Crippen LogP contribution in [0, 0.1) is 0 Å². The maximum atomic E-state index is 3.61. The Morgan fingerprint density at radius 3 is 2.08 bits per heavy atom. The SMILES string of the molecule is CCC(C)NC(CC)CN(C)C. The van der Waals surface area contributed by atoms with Crippen LogP contribution in [-0.2, 0) is 0 Å². The predicted molar refractivity (Wildman–Crippen MR) is 55.5 cm³/mol. The molecule has 0 aliphatic carbocycles. The standard InChI is InChI=1S/C10H24N2/c1-6-9(3)11-10(7-2)8-12(4)5/h9-11H,6-8H2,1-5H3. The molecule has 0 saturated carbocycles. The molecule has 2 heteroatoms. The van der Waals surface area contributed by atoms with E-state index in [0.29, 0.717) is 12.1 Å².